The molecule has 0 spiro atoms. The fourth-order valence-electron chi connectivity index (χ4n) is 2.38. The molecule has 1 aliphatic heterocycles. The molecule has 1 aliphatic rings. The van der Waals surface area contributed by atoms with Crippen molar-refractivity contribution in [2.45, 2.75) is 39.6 Å². The minimum absolute atomic E-state index is 0. The molecule has 1 heterocycles. The third-order valence-corrected chi connectivity index (χ3v) is 3.79. The first-order valence-corrected chi connectivity index (χ1v) is 8.95. The van der Waals surface area contributed by atoms with Gasteiger partial charge < -0.3 is 14.2 Å². The Labute approximate surface area is 204 Å². The number of hydrogen-bond donors (Lipinski definition) is 0. The van der Waals surface area contributed by atoms with Crippen LogP contribution in [0.5, 0.6) is 0 Å². The van der Waals surface area contributed by atoms with E-state index in [2.05, 4.69) is 33.1 Å². The Balaban J connectivity index is -0.000000553. The molecule has 3 atom stereocenters. The summed E-state index contributed by atoms with van der Waals surface area (Å²) in [6.45, 7) is 27.1. The van der Waals surface area contributed by atoms with Gasteiger partial charge in [0.15, 0.2) is 5.92 Å². The van der Waals surface area contributed by atoms with Gasteiger partial charge in [-0.3, -0.25) is 14.4 Å². The molecule has 1 fully saturated rings. The molecule has 0 N–H and O–H groups in total. The maximum Gasteiger partial charge on any atom is 0 e. The van der Waals surface area contributed by atoms with Gasteiger partial charge in [0.2, 0.25) is 0 Å². The minimum Gasteiger partial charge on any atom is 0 e. The zero-order valence-electron chi connectivity index (χ0n) is 18.7. The number of carbonyl (C=O) groups is 3. The normalized spacial score (nSPS) is 16.7. The average molecular weight is 502 g/mol. The Hall–Kier alpha value is -2.89. The Bertz CT molecular complexity index is 725. The SMILES string of the molecule is C=C[C@H](/C=C/C=C/[C@H](OC(C)=O)[C@H](C)C=C)C1C(=O)OC(C)(C)OC1=O.[C-]#[O+].[C-]#[O+].[C-]#[O+].[Fe]. The minimum atomic E-state index is -1.27. The molecule has 0 radical (unpaired) electrons. The summed E-state index contributed by atoms with van der Waals surface area (Å²) in [5, 5.41) is 0. The van der Waals surface area contributed by atoms with Crippen molar-refractivity contribution in [2.24, 2.45) is 17.8 Å². The van der Waals surface area contributed by atoms with Crippen LogP contribution in [0.3, 0.4) is 0 Å². The van der Waals surface area contributed by atoms with Gasteiger partial charge in [-0.05, 0) is 6.08 Å². The van der Waals surface area contributed by atoms with Crippen molar-refractivity contribution in [3.8, 4) is 0 Å². The maximum atomic E-state index is 12.1. The van der Waals surface area contributed by atoms with Gasteiger partial charge in [-0.25, -0.2) is 0 Å². The number of carbonyl (C=O) groups excluding carboxylic acids is 3. The van der Waals surface area contributed by atoms with E-state index in [0.717, 1.165) is 0 Å². The van der Waals surface area contributed by atoms with Crippen LogP contribution in [0.1, 0.15) is 27.7 Å². The van der Waals surface area contributed by atoms with E-state index in [1.165, 1.54) is 26.8 Å². The fourth-order valence-corrected chi connectivity index (χ4v) is 2.38. The van der Waals surface area contributed by atoms with E-state index >= 15 is 0 Å². The smallest absolute Gasteiger partial charge is 0 e. The van der Waals surface area contributed by atoms with E-state index in [0.29, 0.717) is 0 Å². The van der Waals surface area contributed by atoms with Crippen molar-refractivity contribution in [2.75, 3.05) is 0 Å². The molecule has 0 aromatic carbocycles. The van der Waals surface area contributed by atoms with Gasteiger partial charge in [-0.2, -0.15) is 0 Å². The van der Waals surface area contributed by atoms with Crippen molar-refractivity contribution in [1.82, 2.24) is 0 Å². The van der Waals surface area contributed by atoms with Crippen LogP contribution in [0.25, 0.3) is 0 Å². The molecule has 0 aliphatic carbocycles. The Morgan fingerprint density at radius 2 is 1.42 bits per heavy atom. The van der Waals surface area contributed by atoms with Crippen LogP contribution in [0.2, 0.25) is 0 Å². The standard InChI is InChI=1S/C20H26O6.3CO.Fe/c1-7-13(3)16(24-14(4)21)12-10-9-11-15(8-2)17-18(22)25-20(5,6)26-19(17)23;3*1-2;/h7-13,15-17H,1-2H2,3-6H3;;;;/b11-9+,12-10+;;;;/t13-,15-,16+;;;;/m1..../s1. The Morgan fingerprint density at radius 3 is 1.79 bits per heavy atom. The summed E-state index contributed by atoms with van der Waals surface area (Å²) in [4.78, 5) is 35.4. The molecule has 180 valence electrons. The van der Waals surface area contributed by atoms with E-state index in [9.17, 15) is 14.4 Å². The quantitative estimate of drug-likeness (QED) is 0.0951. The molecule has 33 heavy (non-hydrogen) atoms. The summed E-state index contributed by atoms with van der Waals surface area (Å²) in [6, 6.07) is 0. The Morgan fingerprint density at radius 1 is 1.00 bits per heavy atom. The van der Waals surface area contributed by atoms with E-state index in [1.54, 1.807) is 30.4 Å². The van der Waals surface area contributed by atoms with Crippen LogP contribution < -0.4 is 0 Å². The first-order chi connectivity index (χ1) is 15.1. The van der Waals surface area contributed by atoms with Crippen LogP contribution in [0.15, 0.2) is 49.6 Å². The number of cyclic esters (lactones) is 2. The van der Waals surface area contributed by atoms with E-state index < -0.39 is 41.6 Å². The van der Waals surface area contributed by atoms with Crippen LogP contribution >= 0.6 is 0 Å². The number of hydrogen-bond acceptors (Lipinski definition) is 6. The number of rotatable bonds is 8. The maximum absolute atomic E-state index is 12.1. The zero-order valence-corrected chi connectivity index (χ0v) is 19.8. The van der Waals surface area contributed by atoms with Gasteiger partial charge in [0.1, 0.15) is 6.10 Å². The van der Waals surface area contributed by atoms with Gasteiger partial charge >= 0.3 is 51.8 Å². The van der Waals surface area contributed by atoms with Crippen LogP contribution in [-0.4, -0.2) is 29.8 Å². The second-order valence-electron chi connectivity index (χ2n) is 6.47. The summed E-state index contributed by atoms with van der Waals surface area (Å²) < 4.78 is 38.0. The molecular weight excluding hydrogens is 476 g/mol. The molecule has 0 saturated carbocycles. The Kier molecular flexibility index (Phi) is 23.8. The van der Waals surface area contributed by atoms with Gasteiger partial charge in [0, 0.05) is 49.7 Å². The molecule has 0 amide bonds. The fraction of sp³-hybridized carbons (Fsp3) is 0.391. The first kappa shape index (κ1) is 37.4. The molecule has 0 bridgehead atoms. The first-order valence-electron chi connectivity index (χ1n) is 8.95. The predicted molar refractivity (Wildman–Crippen MR) is 108 cm³/mol. The van der Waals surface area contributed by atoms with E-state index in [4.69, 9.17) is 28.2 Å². The van der Waals surface area contributed by atoms with Gasteiger partial charge in [0.25, 0.3) is 5.79 Å². The molecule has 1 saturated heterocycles. The molecule has 0 aromatic rings. The summed E-state index contributed by atoms with van der Waals surface area (Å²) in [6.07, 6.45) is 9.37. The third-order valence-electron chi connectivity index (χ3n) is 3.79. The summed E-state index contributed by atoms with van der Waals surface area (Å²) in [7, 11) is 0. The molecule has 9 nitrogen and oxygen atoms in total. The van der Waals surface area contributed by atoms with Crippen molar-refractivity contribution in [3.63, 3.8) is 0 Å². The monoisotopic (exact) mass is 502 g/mol. The van der Waals surface area contributed by atoms with Crippen molar-refractivity contribution in [1.29, 1.82) is 0 Å². The molecule has 1 rings (SSSR count). The van der Waals surface area contributed by atoms with Crippen molar-refractivity contribution >= 4 is 17.9 Å². The largest absolute Gasteiger partial charge is 0 e. The number of allylic oxidation sites excluding steroid dienone is 4. The van der Waals surface area contributed by atoms with Gasteiger partial charge in [-0.1, -0.05) is 37.3 Å². The second kappa shape index (κ2) is 21.0. The summed E-state index contributed by atoms with van der Waals surface area (Å²) in [5.41, 5.74) is 0. The second-order valence-corrected chi connectivity index (χ2v) is 6.47. The van der Waals surface area contributed by atoms with Gasteiger partial charge in [0.05, 0.1) is 0 Å². The van der Waals surface area contributed by atoms with Crippen LogP contribution in [0, 0.1) is 37.7 Å². The number of esters is 3. The third kappa shape index (κ3) is 14.7. The molecule has 10 heteroatoms. The van der Waals surface area contributed by atoms with Gasteiger partial charge in [-0.15, -0.1) is 13.2 Å². The zero-order chi connectivity index (χ0) is 25.9. The molecule has 0 unspecified atom stereocenters. The predicted octanol–water partition coefficient (Wildman–Crippen LogP) is 2.99. The van der Waals surface area contributed by atoms with E-state index in [-0.39, 0.29) is 23.0 Å². The van der Waals surface area contributed by atoms with E-state index in [1.807, 2.05) is 6.92 Å². The topological polar surface area (TPSA) is 139 Å². The summed E-state index contributed by atoms with van der Waals surface area (Å²) in [5.74, 6) is -4.70. The average Bonchev–Trinajstić information content (AvgIpc) is 2.76. The van der Waals surface area contributed by atoms with Crippen molar-refractivity contribution < 1.29 is 59.6 Å². The van der Waals surface area contributed by atoms with Crippen LogP contribution in [0.4, 0.5) is 0 Å². The summed E-state index contributed by atoms with van der Waals surface area (Å²) >= 11 is 0. The molecule has 0 aromatic heterocycles. The van der Waals surface area contributed by atoms with Crippen molar-refractivity contribution in [3.05, 3.63) is 69.6 Å². The molecular formula is C23H26FeO9. The van der Waals surface area contributed by atoms with Crippen LogP contribution in [-0.2, 0) is 59.6 Å². The number of ether oxygens (including phenoxy) is 3.